The molecule has 8 nitrogen and oxygen atoms in total. The van der Waals surface area contributed by atoms with Crippen LogP contribution >= 0.6 is 0 Å². The highest BCUT2D eigenvalue weighted by Crippen LogP contribution is 2.12. The second-order valence-electron chi connectivity index (χ2n) is 6.68. The van der Waals surface area contributed by atoms with Crippen molar-refractivity contribution in [1.82, 2.24) is 10.0 Å². The summed E-state index contributed by atoms with van der Waals surface area (Å²) in [7, 11) is -2.24. The van der Waals surface area contributed by atoms with Crippen molar-refractivity contribution in [2.45, 2.75) is 44.7 Å². The highest BCUT2D eigenvalue weighted by atomic mass is 32.2. The first kappa shape index (κ1) is 23.1. The highest BCUT2D eigenvalue weighted by molar-refractivity contribution is 7.89. The van der Waals surface area contributed by atoms with E-state index in [1.807, 2.05) is 20.8 Å². The van der Waals surface area contributed by atoms with Crippen LogP contribution in [0, 0.1) is 5.92 Å². The number of esters is 1. The molecular formula is C18H28N2O6S. The van der Waals surface area contributed by atoms with Gasteiger partial charge in [-0.05, 0) is 44.0 Å². The number of benzene rings is 1. The molecule has 1 amide bonds. The molecule has 1 rings (SSSR count). The lowest BCUT2D eigenvalue weighted by Gasteiger charge is -2.17. The average molecular weight is 400 g/mol. The highest BCUT2D eigenvalue weighted by Gasteiger charge is 2.19. The van der Waals surface area contributed by atoms with Crippen molar-refractivity contribution in [2.24, 2.45) is 5.92 Å². The lowest BCUT2D eigenvalue weighted by Crippen LogP contribution is -2.38. The van der Waals surface area contributed by atoms with Crippen LogP contribution in [-0.4, -0.2) is 52.7 Å². The number of nitrogens with one attached hydrogen (secondary N) is 2. The van der Waals surface area contributed by atoms with E-state index >= 15 is 0 Å². The standard InChI is InChI=1S/C18H28N2O6S/c1-12(2)14(4)19-17(21)11-26-18(22)15-6-8-16(9-7-15)27(23,24)20-13(3)10-25-5/h6-9,12-14,20H,10-11H2,1-5H3,(H,19,21)/t13-,14-/m0/s1. The van der Waals surface area contributed by atoms with Crippen LogP contribution in [0.2, 0.25) is 0 Å². The molecule has 27 heavy (non-hydrogen) atoms. The van der Waals surface area contributed by atoms with Crippen molar-refractivity contribution in [3.63, 3.8) is 0 Å². The predicted molar refractivity (Wildman–Crippen MR) is 101 cm³/mol. The summed E-state index contributed by atoms with van der Waals surface area (Å²) in [6.45, 7) is 7.32. The van der Waals surface area contributed by atoms with Gasteiger partial charge < -0.3 is 14.8 Å². The Morgan fingerprint density at radius 3 is 2.19 bits per heavy atom. The van der Waals surface area contributed by atoms with Gasteiger partial charge in [0, 0.05) is 19.2 Å². The van der Waals surface area contributed by atoms with Crippen molar-refractivity contribution >= 4 is 21.9 Å². The van der Waals surface area contributed by atoms with Crippen molar-refractivity contribution in [1.29, 1.82) is 0 Å². The number of amides is 1. The molecule has 0 saturated carbocycles. The van der Waals surface area contributed by atoms with Crippen molar-refractivity contribution in [3.05, 3.63) is 29.8 Å². The molecule has 0 aromatic heterocycles. The predicted octanol–water partition coefficient (Wildman–Crippen LogP) is 1.32. The average Bonchev–Trinajstić information content (AvgIpc) is 2.59. The Hall–Kier alpha value is -1.97. The van der Waals surface area contributed by atoms with Gasteiger partial charge in [-0.15, -0.1) is 0 Å². The van der Waals surface area contributed by atoms with Crippen LogP contribution in [0.15, 0.2) is 29.2 Å². The van der Waals surface area contributed by atoms with E-state index in [9.17, 15) is 18.0 Å². The van der Waals surface area contributed by atoms with Crippen LogP contribution in [0.25, 0.3) is 0 Å². The summed E-state index contributed by atoms with van der Waals surface area (Å²) in [6.07, 6.45) is 0. The number of carbonyl (C=O) groups is 2. The van der Waals surface area contributed by atoms with Gasteiger partial charge in [-0.1, -0.05) is 13.8 Å². The molecule has 2 N–H and O–H groups in total. The monoisotopic (exact) mass is 400 g/mol. The van der Waals surface area contributed by atoms with E-state index in [-0.39, 0.29) is 34.9 Å². The van der Waals surface area contributed by atoms with E-state index < -0.39 is 28.6 Å². The van der Waals surface area contributed by atoms with Gasteiger partial charge in [0.1, 0.15) is 0 Å². The first-order valence-electron chi connectivity index (χ1n) is 8.64. The van der Waals surface area contributed by atoms with Crippen molar-refractivity contribution in [2.75, 3.05) is 20.3 Å². The molecule has 0 bridgehead atoms. The molecule has 0 aliphatic carbocycles. The molecule has 0 saturated heterocycles. The van der Waals surface area contributed by atoms with E-state index in [0.29, 0.717) is 0 Å². The van der Waals surface area contributed by atoms with E-state index in [2.05, 4.69) is 10.0 Å². The SMILES string of the molecule is COC[C@H](C)NS(=O)(=O)c1ccc(C(=O)OCC(=O)N[C@@H](C)C(C)C)cc1. The number of carbonyl (C=O) groups excluding carboxylic acids is 2. The van der Waals surface area contributed by atoms with Crippen molar-refractivity contribution < 1.29 is 27.5 Å². The molecule has 0 aliphatic rings. The second-order valence-corrected chi connectivity index (χ2v) is 8.39. The molecule has 0 spiro atoms. The zero-order chi connectivity index (χ0) is 20.6. The first-order chi connectivity index (χ1) is 12.6. The normalized spacial score (nSPS) is 13.9. The van der Waals surface area contributed by atoms with Gasteiger partial charge in [0.2, 0.25) is 10.0 Å². The largest absolute Gasteiger partial charge is 0.452 e. The smallest absolute Gasteiger partial charge is 0.338 e. The van der Waals surface area contributed by atoms with Crippen LogP contribution in [0.5, 0.6) is 0 Å². The lowest BCUT2D eigenvalue weighted by molar-refractivity contribution is -0.125. The van der Waals surface area contributed by atoms with Gasteiger partial charge in [0.25, 0.3) is 5.91 Å². The maximum atomic E-state index is 12.2. The summed E-state index contributed by atoms with van der Waals surface area (Å²) < 4.78 is 36.8. The summed E-state index contributed by atoms with van der Waals surface area (Å²) in [6, 6.07) is 4.86. The van der Waals surface area contributed by atoms with Crippen LogP contribution < -0.4 is 10.0 Å². The molecule has 0 heterocycles. The molecule has 2 atom stereocenters. The quantitative estimate of drug-likeness (QED) is 0.573. The lowest BCUT2D eigenvalue weighted by atomic mass is 10.1. The van der Waals surface area contributed by atoms with Gasteiger partial charge in [-0.3, -0.25) is 4.79 Å². The number of hydrogen-bond acceptors (Lipinski definition) is 6. The molecule has 0 unspecified atom stereocenters. The Labute approximate surface area is 160 Å². The molecule has 152 valence electrons. The Morgan fingerprint density at radius 2 is 1.67 bits per heavy atom. The Bertz CT molecular complexity index is 731. The van der Waals surface area contributed by atoms with E-state index in [0.717, 1.165) is 0 Å². The third-order valence-corrected chi connectivity index (χ3v) is 5.50. The summed E-state index contributed by atoms with van der Waals surface area (Å²) in [5, 5.41) is 2.73. The van der Waals surface area contributed by atoms with E-state index in [4.69, 9.17) is 9.47 Å². The Morgan fingerprint density at radius 1 is 1.07 bits per heavy atom. The fourth-order valence-corrected chi connectivity index (χ4v) is 3.29. The minimum absolute atomic E-state index is 0.0190. The zero-order valence-corrected chi connectivity index (χ0v) is 17.1. The van der Waals surface area contributed by atoms with Gasteiger partial charge >= 0.3 is 5.97 Å². The summed E-state index contributed by atoms with van der Waals surface area (Å²) in [5.74, 6) is -0.827. The van der Waals surface area contributed by atoms with Gasteiger partial charge in [0.15, 0.2) is 6.61 Å². The first-order valence-corrected chi connectivity index (χ1v) is 10.1. The summed E-state index contributed by atoms with van der Waals surface area (Å²) >= 11 is 0. The molecule has 1 aromatic rings. The van der Waals surface area contributed by atoms with E-state index in [1.165, 1.54) is 31.4 Å². The van der Waals surface area contributed by atoms with Crippen LogP contribution in [0.3, 0.4) is 0 Å². The molecule has 1 aromatic carbocycles. The zero-order valence-electron chi connectivity index (χ0n) is 16.3. The fraction of sp³-hybridized carbons (Fsp3) is 0.556. The second kappa shape index (κ2) is 10.4. The minimum Gasteiger partial charge on any atom is -0.452 e. The fourth-order valence-electron chi connectivity index (χ4n) is 2.06. The number of rotatable bonds is 10. The van der Waals surface area contributed by atoms with Gasteiger partial charge in [-0.2, -0.15) is 0 Å². The summed E-state index contributed by atoms with van der Waals surface area (Å²) in [5.41, 5.74) is 0.156. The Kier molecular flexibility index (Phi) is 8.87. The molecule has 9 heteroatoms. The summed E-state index contributed by atoms with van der Waals surface area (Å²) in [4.78, 5) is 23.8. The molecular weight excluding hydrogens is 372 g/mol. The Balaban J connectivity index is 2.65. The van der Waals surface area contributed by atoms with Crippen LogP contribution in [0.1, 0.15) is 38.1 Å². The minimum atomic E-state index is -3.72. The van der Waals surface area contributed by atoms with Crippen LogP contribution in [-0.2, 0) is 24.3 Å². The third kappa shape index (κ3) is 7.66. The molecule has 0 radical (unpaired) electrons. The number of sulfonamides is 1. The number of methoxy groups -OCH3 is 1. The van der Waals surface area contributed by atoms with Gasteiger partial charge in [0.05, 0.1) is 17.1 Å². The number of hydrogen-bond donors (Lipinski definition) is 2. The molecule has 0 aliphatic heterocycles. The topological polar surface area (TPSA) is 111 Å². The maximum absolute atomic E-state index is 12.2. The number of ether oxygens (including phenoxy) is 2. The van der Waals surface area contributed by atoms with Crippen LogP contribution in [0.4, 0.5) is 0 Å². The maximum Gasteiger partial charge on any atom is 0.338 e. The third-order valence-electron chi connectivity index (χ3n) is 3.90. The molecule has 0 fully saturated rings. The van der Waals surface area contributed by atoms with Crippen molar-refractivity contribution in [3.8, 4) is 0 Å². The van der Waals surface area contributed by atoms with Gasteiger partial charge in [-0.25, -0.2) is 17.9 Å². The van der Waals surface area contributed by atoms with E-state index in [1.54, 1.807) is 6.92 Å².